The second-order valence-electron chi connectivity index (χ2n) is 10.4. The van der Waals surface area contributed by atoms with Crippen LogP contribution in [0.25, 0.3) is 16.0 Å². The molecule has 2 atom stereocenters. The molecule has 2 aliphatic rings. The molecule has 8 heteroatoms. The minimum absolute atomic E-state index is 0.0343. The number of carbonyl (C=O) groups excluding carboxylic acids is 2. The van der Waals surface area contributed by atoms with Gasteiger partial charge in [-0.3, -0.25) is 14.5 Å². The molecule has 0 bridgehead atoms. The molecule has 1 fully saturated rings. The van der Waals surface area contributed by atoms with Crippen LogP contribution in [0.2, 0.25) is 0 Å². The van der Waals surface area contributed by atoms with Crippen LogP contribution >= 0.6 is 11.3 Å². The van der Waals surface area contributed by atoms with Crippen LogP contribution in [0.15, 0.2) is 66.2 Å². The van der Waals surface area contributed by atoms with Gasteiger partial charge in [0.2, 0.25) is 0 Å². The van der Waals surface area contributed by atoms with Gasteiger partial charge in [0.15, 0.2) is 5.13 Å². The number of amides is 1. The number of hydrogen-bond acceptors (Lipinski definition) is 7. The lowest BCUT2D eigenvalue weighted by Gasteiger charge is -2.23. The third kappa shape index (κ3) is 4.62. The summed E-state index contributed by atoms with van der Waals surface area (Å²) < 4.78 is 12.6. The standard InChI is InChI=1S/C32H30N2O5S/c1-4-5-14-38-23-10-7-20(8-11-23)28-27(29(35)21-9-13-25-22(17-21)16-19(3)39-25)30(36)31(37)34(28)32-33-24-12-6-18(2)15-26(24)40-32/h6-13,15,17,19,28,35H,4-5,14,16H2,1-3H3/b29-27+/t19-,28-/m0/s1. The van der Waals surface area contributed by atoms with Gasteiger partial charge in [-0.2, -0.15) is 0 Å². The second-order valence-corrected chi connectivity index (χ2v) is 11.4. The van der Waals surface area contributed by atoms with Crippen LogP contribution in [0, 0.1) is 6.92 Å². The third-order valence-electron chi connectivity index (χ3n) is 7.32. The van der Waals surface area contributed by atoms with Crippen molar-refractivity contribution >= 4 is 44.1 Å². The van der Waals surface area contributed by atoms with Crippen LogP contribution < -0.4 is 14.4 Å². The lowest BCUT2D eigenvalue weighted by atomic mass is 9.94. The van der Waals surface area contributed by atoms with Crippen molar-refractivity contribution in [2.75, 3.05) is 11.5 Å². The van der Waals surface area contributed by atoms with Crippen molar-refractivity contribution in [3.05, 3.63) is 88.5 Å². The molecule has 6 rings (SSSR count). The molecule has 0 aliphatic carbocycles. The highest BCUT2D eigenvalue weighted by Gasteiger charge is 2.48. The van der Waals surface area contributed by atoms with E-state index in [1.807, 2.05) is 62.4 Å². The number of unbranched alkanes of at least 4 members (excludes halogenated alkanes) is 1. The van der Waals surface area contributed by atoms with Gasteiger partial charge < -0.3 is 14.6 Å². The molecule has 0 unspecified atom stereocenters. The highest BCUT2D eigenvalue weighted by molar-refractivity contribution is 7.22. The molecule has 3 aromatic carbocycles. The molecular formula is C32H30N2O5S. The first-order valence-corrected chi connectivity index (χ1v) is 14.4. The lowest BCUT2D eigenvalue weighted by molar-refractivity contribution is -0.132. The largest absolute Gasteiger partial charge is 0.507 e. The summed E-state index contributed by atoms with van der Waals surface area (Å²) in [6, 6.07) is 17.7. The number of nitrogens with zero attached hydrogens (tertiary/aromatic N) is 2. The molecule has 0 spiro atoms. The van der Waals surface area contributed by atoms with E-state index in [0.29, 0.717) is 35.0 Å². The van der Waals surface area contributed by atoms with Crippen LogP contribution in [0.3, 0.4) is 0 Å². The van der Waals surface area contributed by atoms with E-state index in [1.165, 1.54) is 16.2 Å². The van der Waals surface area contributed by atoms with Crippen molar-refractivity contribution in [3.63, 3.8) is 0 Å². The average Bonchev–Trinajstić information content (AvgIpc) is 3.60. The highest BCUT2D eigenvalue weighted by Crippen LogP contribution is 2.45. The monoisotopic (exact) mass is 554 g/mol. The average molecular weight is 555 g/mol. The molecule has 0 saturated carbocycles. The second kappa shape index (κ2) is 10.4. The first kappa shape index (κ1) is 26.1. The zero-order chi connectivity index (χ0) is 28.0. The van der Waals surface area contributed by atoms with E-state index in [-0.39, 0.29) is 17.4 Å². The van der Waals surface area contributed by atoms with Gasteiger partial charge in [0, 0.05) is 12.0 Å². The van der Waals surface area contributed by atoms with Gasteiger partial charge in [-0.15, -0.1) is 0 Å². The molecule has 3 heterocycles. The normalized spacial score (nSPS) is 19.7. The molecule has 1 aromatic heterocycles. The summed E-state index contributed by atoms with van der Waals surface area (Å²) in [5.74, 6) is -0.203. The van der Waals surface area contributed by atoms with E-state index in [9.17, 15) is 14.7 Å². The van der Waals surface area contributed by atoms with Crippen LogP contribution in [0.5, 0.6) is 11.5 Å². The van der Waals surface area contributed by atoms with E-state index < -0.39 is 17.7 Å². The Balaban J connectivity index is 1.47. The number of anilines is 1. The number of aryl methyl sites for hydroxylation is 1. The van der Waals surface area contributed by atoms with Gasteiger partial charge in [-0.05, 0) is 79.4 Å². The minimum Gasteiger partial charge on any atom is -0.507 e. The zero-order valence-corrected chi connectivity index (χ0v) is 23.5. The van der Waals surface area contributed by atoms with Crippen LogP contribution in [0.4, 0.5) is 5.13 Å². The first-order valence-electron chi connectivity index (χ1n) is 13.5. The fourth-order valence-electron chi connectivity index (χ4n) is 5.27. The van der Waals surface area contributed by atoms with Gasteiger partial charge >= 0.3 is 5.91 Å². The summed E-state index contributed by atoms with van der Waals surface area (Å²) in [7, 11) is 0. The summed E-state index contributed by atoms with van der Waals surface area (Å²) in [5.41, 5.74) is 3.97. The van der Waals surface area contributed by atoms with E-state index >= 15 is 0 Å². The number of benzene rings is 3. The van der Waals surface area contributed by atoms with Gasteiger partial charge in [-0.1, -0.05) is 42.9 Å². The maximum Gasteiger partial charge on any atom is 0.301 e. The lowest BCUT2D eigenvalue weighted by Crippen LogP contribution is -2.29. The predicted octanol–water partition coefficient (Wildman–Crippen LogP) is 6.73. The number of aliphatic hydroxyl groups excluding tert-OH is 1. The molecule has 1 N–H and O–H groups in total. The number of ether oxygens (including phenoxy) is 2. The SMILES string of the molecule is CCCCOc1ccc([C@H]2/C(=C(\O)c3ccc4c(c3)C[C@H](C)O4)C(=O)C(=O)N2c2nc3ccc(C)cc3s2)cc1. The van der Waals surface area contributed by atoms with Gasteiger partial charge in [0.25, 0.3) is 5.78 Å². The van der Waals surface area contributed by atoms with Crippen molar-refractivity contribution in [1.82, 2.24) is 4.98 Å². The Morgan fingerprint density at radius 2 is 1.93 bits per heavy atom. The molecule has 2 aliphatic heterocycles. The number of aromatic nitrogens is 1. The number of Topliss-reactive ketones (excluding diaryl/α,β-unsaturated/α-hetero) is 1. The van der Waals surface area contributed by atoms with Crippen molar-refractivity contribution in [2.24, 2.45) is 0 Å². The van der Waals surface area contributed by atoms with Crippen molar-refractivity contribution in [1.29, 1.82) is 0 Å². The topological polar surface area (TPSA) is 89.0 Å². The summed E-state index contributed by atoms with van der Waals surface area (Å²) in [6.07, 6.45) is 2.73. The number of rotatable bonds is 7. The van der Waals surface area contributed by atoms with Crippen LogP contribution in [-0.2, 0) is 16.0 Å². The van der Waals surface area contributed by atoms with E-state index in [2.05, 4.69) is 6.92 Å². The number of hydrogen-bond donors (Lipinski definition) is 1. The Morgan fingerprint density at radius 3 is 2.70 bits per heavy atom. The number of fused-ring (bicyclic) bond motifs is 2. The molecule has 40 heavy (non-hydrogen) atoms. The summed E-state index contributed by atoms with van der Waals surface area (Å²) >= 11 is 1.35. The molecular weight excluding hydrogens is 524 g/mol. The summed E-state index contributed by atoms with van der Waals surface area (Å²) in [5, 5.41) is 12.0. The zero-order valence-electron chi connectivity index (χ0n) is 22.6. The van der Waals surface area contributed by atoms with Crippen LogP contribution in [0.1, 0.15) is 55.0 Å². The summed E-state index contributed by atoms with van der Waals surface area (Å²) in [4.78, 5) is 33.3. The third-order valence-corrected chi connectivity index (χ3v) is 8.33. The Bertz CT molecular complexity index is 1660. The van der Waals surface area contributed by atoms with Crippen molar-refractivity contribution in [3.8, 4) is 11.5 Å². The van der Waals surface area contributed by atoms with Gasteiger partial charge in [-0.25, -0.2) is 4.98 Å². The minimum atomic E-state index is -0.852. The Labute approximate surface area is 236 Å². The van der Waals surface area contributed by atoms with E-state index in [4.69, 9.17) is 14.5 Å². The molecule has 1 amide bonds. The number of thiazole rings is 1. The van der Waals surface area contributed by atoms with Gasteiger partial charge in [0.05, 0.1) is 28.4 Å². The maximum atomic E-state index is 13.6. The molecule has 204 valence electrons. The van der Waals surface area contributed by atoms with Crippen molar-refractivity contribution < 1.29 is 24.2 Å². The first-order chi connectivity index (χ1) is 19.3. The Morgan fingerprint density at radius 1 is 1.12 bits per heavy atom. The quantitative estimate of drug-likeness (QED) is 0.118. The Kier molecular flexibility index (Phi) is 6.80. The molecule has 1 saturated heterocycles. The molecule has 4 aromatic rings. The van der Waals surface area contributed by atoms with Gasteiger partial charge in [0.1, 0.15) is 23.4 Å². The predicted molar refractivity (Wildman–Crippen MR) is 156 cm³/mol. The van der Waals surface area contributed by atoms with Crippen molar-refractivity contribution in [2.45, 2.75) is 52.2 Å². The maximum absolute atomic E-state index is 13.6. The Hall–Kier alpha value is -4.17. The van der Waals surface area contributed by atoms with E-state index in [1.54, 1.807) is 12.1 Å². The van der Waals surface area contributed by atoms with E-state index in [0.717, 1.165) is 39.9 Å². The number of ketones is 1. The summed E-state index contributed by atoms with van der Waals surface area (Å²) in [6.45, 7) is 6.70. The fraction of sp³-hybridized carbons (Fsp3) is 0.281. The highest BCUT2D eigenvalue weighted by atomic mass is 32.1. The smallest absolute Gasteiger partial charge is 0.301 e. The number of aliphatic hydroxyl groups is 1. The fourth-order valence-corrected chi connectivity index (χ4v) is 6.36. The molecule has 7 nitrogen and oxygen atoms in total. The number of carbonyl (C=O) groups is 2. The molecule has 0 radical (unpaired) electrons. The van der Waals surface area contributed by atoms with Crippen LogP contribution in [-0.4, -0.2) is 34.5 Å².